The lowest BCUT2D eigenvalue weighted by atomic mass is 10.1. The van der Waals surface area contributed by atoms with E-state index in [-0.39, 0.29) is 18.3 Å². The Labute approximate surface area is 116 Å². The van der Waals surface area contributed by atoms with Crippen molar-refractivity contribution in [1.82, 2.24) is 4.90 Å². The molecule has 108 valence electrons. The Morgan fingerprint density at radius 3 is 2.75 bits per heavy atom. The van der Waals surface area contributed by atoms with Crippen LogP contribution in [-0.4, -0.2) is 48.2 Å². The fourth-order valence-corrected chi connectivity index (χ4v) is 1.91. The molecular weight excluding hydrogens is 262 g/mol. The van der Waals surface area contributed by atoms with Crippen LogP contribution in [0.25, 0.3) is 0 Å². The maximum Gasteiger partial charge on any atom is 0.254 e. The molecule has 1 aliphatic rings. The van der Waals surface area contributed by atoms with E-state index < -0.39 is 0 Å². The number of benzene rings is 1. The summed E-state index contributed by atoms with van der Waals surface area (Å²) in [6.07, 6.45) is 0. The van der Waals surface area contributed by atoms with Gasteiger partial charge in [0.25, 0.3) is 5.91 Å². The lowest BCUT2D eigenvalue weighted by Gasteiger charge is -2.22. The molecule has 0 aliphatic carbocycles. The van der Waals surface area contributed by atoms with Gasteiger partial charge >= 0.3 is 0 Å². The molecule has 3 N–H and O–H groups in total. The number of hydrogen-bond acceptors (Lipinski definition) is 5. The standard InChI is InChI=1S/C13H17N3O4/c1-2-16(8-12(14)15-18)13(17)9-3-4-10-11(7-9)20-6-5-19-10/h3-4,7,18H,2,5-6,8H2,1H3,(H2,14,15). The van der Waals surface area contributed by atoms with Gasteiger partial charge in [-0.1, -0.05) is 5.16 Å². The number of ether oxygens (including phenoxy) is 2. The summed E-state index contributed by atoms with van der Waals surface area (Å²) < 4.78 is 10.9. The molecule has 1 aromatic carbocycles. The Morgan fingerprint density at radius 2 is 2.10 bits per heavy atom. The number of nitrogens with two attached hydrogens (primary N) is 1. The Morgan fingerprint density at radius 1 is 1.40 bits per heavy atom. The molecule has 20 heavy (non-hydrogen) atoms. The first-order valence-corrected chi connectivity index (χ1v) is 6.31. The minimum atomic E-state index is -0.212. The van der Waals surface area contributed by atoms with Gasteiger partial charge in [-0.2, -0.15) is 0 Å². The van der Waals surface area contributed by atoms with Crippen LogP contribution in [0.2, 0.25) is 0 Å². The van der Waals surface area contributed by atoms with Gasteiger partial charge in [0.1, 0.15) is 13.2 Å². The molecule has 0 saturated carbocycles. The molecule has 7 heteroatoms. The van der Waals surface area contributed by atoms with Gasteiger partial charge in [-0.05, 0) is 25.1 Å². The highest BCUT2D eigenvalue weighted by molar-refractivity contribution is 5.97. The minimum absolute atomic E-state index is 0.0160. The van der Waals surface area contributed by atoms with E-state index in [0.717, 1.165) is 0 Å². The molecule has 0 fully saturated rings. The summed E-state index contributed by atoms with van der Waals surface area (Å²) in [5.41, 5.74) is 5.91. The number of rotatable bonds is 4. The van der Waals surface area contributed by atoms with E-state index in [1.54, 1.807) is 18.2 Å². The minimum Gasteiger partial charge on any atom is -0.486 e. The number of amidine groups is 1. The van der Waals surface area contributed by atoms with Crippen LogP contribution in [0, 0.1) is 0 Å². The van der Waals surface area contributed by atoms with E-state index in [2.05, 4.69) is 5.16 Å². The molecule has 2 rings (SSSR count). The zero-order valence-electron chi connectivity index (χ0n) is 11.2. The van der Waals surface area contributed by atoms with Crippen molar-refractivity contribution < 1.29 is 19.5 Å². The van der Waals surface area contributed by atoms with Crippen molar-refractivity contribution in [2.24, 2.45) is 10.9 Å². The second-order valence-corrected chi connectivity index (χ2v) is 4.27. The highest BCUT2D eigenvalue weighted by atomic mass is 16.6. The number of fused-ring (bicyclic) bond motifs is 1. The third-order valence-corrected chi connectivity index (χ3v) is 2.94. The summed E-state index contributed by atoms with van der Waals surface area (Å²) >= 11 is 0. The second-order valence-electron chi connectivity index (χ2n) is 4.27. The number of nitrogens with zero attached hydrogens (tertiary/aromatic N) is 2. The molecule has 0 atom stereocenters. The summed E-state index contributed by atoms with van der Waals surface area (Å²) in [7, 11) is 0. The van der Waals surface area contributed by atoms with Gasteiger partial charge in [0.05, 0.1) is 6.54 Å². The molecule has 0 bridgehead atoms. The smallest absolute Gasteiger partial charge is 0.254 e. The van der Waals surface area contributed by atoms with Crippen LogP contribution in [0.15, 0.2) is 23.4 Å². The van der Waals surface area contributed by atoms with Crippen LogP contribution >= 0.6 is 0 Å². The zero-order valence-corrected chi connectivity index (χ0v) is 11.2. The van der Waals surface area contributed by atoms with Crippen LogP contribution < -0.4 is 15.2 Å². The maximum absolute atomic E-state index is 12.4. The van der Waals surface area contributed by atoms with Crippen LogP contribution in [0.1, 0.15) is 17.3 Å². The number of amides is 1. The number of carbonyl (C=O) groups excluding carboxylic acids is 1. The second kappa shape index (κ2) is 6.14. The monoisotopic (exact) mass is 279 g/mol. The third-order valence-electron chi connectivity index (χ3n) is 2.94. The Bertz CT molecular complexity index is 530. The van der Waals surface area contributed by atoms with Crippen LogP contribution in [0.4, 0.5) is 0 Å². The van der Waals surface area contributed by atoms with Crippen molar-refractivity contribution in [3.8, 4) is 11.5 Å². The molecule has 1 heterocycles. The van der Waals surface area contributed by atoms with E-state index in [1.165, 1.54) is 4.90 Å². The van der Waals surface area contributed by atoms with Crippen molar-refractivity contribution in [1.29, 1.82) is 0 Å². The van der Waals surface area contributed by atoms with E-state index >= 15 is 0 Å². The highest BCUT2D eigenvalue weighted by Crippen LogP contribution is 2.31. The first-order valence-electron chi connectivity index (χ1n) is 6.31. The normalized spacial score (nSPS) is 13.9. The van der Waals surface area contributed by atoms with Crippen molar-refractivity contribution in [3.05, 3.63) is 23.8 Å². The van der Waals surface area contributed by atoms with Crippen molar-refractivity contribution in [2.75, 3.05) is 26.3 Å². The Balaban J connectivity index is 2.19. The predicted octanol–water partition coefficient (Wildman–Crippen LogP) is 0.666. The molecule has 0 aromatic heterocycles. The quantitative estimate of drug-likeness (QED) is 0.365. The topological polar surface area (TPSA) is 97.4 Å². The van der Waals surface area contributed by atoms with E-state index in [0.29, 0.717) is 36.8 Å². The molecule has 1 amide bonds. The number of hydrogen-bond donors (Lipinski definition) is 2. The lowest BCUT2D eigenvalue weighted by Crippen LogP contribution is -2.38. The average Bonchev–Trinajstić information content (AvgIpc) is 2.51. The average molecular weight is 279 g/mol. The number of carbonyl (C=O) groups is 1. The summed E-state index contributed by atoms with van der Waals surface area (Å²) in [6.45, 7) is 3.31. The molecule has 1 aliphatic heterocycles. The van der Waals surface area contributed by atoms with Crippen LogP contribution in [-0.2, 0) is 0 Å². The van der Waals surface area contributed by atoms with Gasteiger partial charge in [-0.15, -0.1) is 0 Å². The highest BCUT2D eigenvalue weighted by Gasteiger charge is 2.19. The molecule has 0 unspecified atom stereocenters. The number of oxime groups is 1. The summed E-state index contributed by atoms with van der Waals surface area (Å²) in [6, 6.07) is 5.02. The third kappa shape index (κ3) is 2.93. The molecule has 7 nitrogen and oxygen atoms in total. The van der Waals surface area contributed by atoms with Crippen LogP contribution in [0.5, 0.6) is 11.5 Å². The summed E-state index contributed by atoms with van der Waals surface area (Å²) in [4.78, 5) is 13.8. The summed E-state index contributed by atoms with van der Waals surface area (Å²) in [5.74, 6) is 0.961. The fraction of sp³-hybridized carbons (Fsp3) is 0.385. The van der Waals surface area contributed by atoms with E-state index in [1.807, 2.05) is 6.92 Å². The Kier molecular flexibility index (Phi) is 4.29. The largest absolute Gasteiger partial charge is 0.486 e. The lowest BCUT2D eigenvalue weighted by molar-refractivity contribution is 0.0785. The number of likely N-dealkylation sites (N-methyl/N-ethyl adjacent to an activating group) is 1. The van der Waals surface area contributed by atoms with Gasteiger partial charge in [-0.25, -0.2) is 0 Å². The van der Waals surface area contributed by atoms with Crippen LogP contribution in [0.3, 0.4) is 0 Å². The van der Waals surface area contributed by atoms with Crippen molar-refractivity contribution >= 4 is 11.7 Å². The molecular formula is C13H17N3O4. The summed E-state index contributed by atoms with van der Waals surface area (Å²) in [5, 5.41) is 11.5. The van der Waals surface area contributed by atoms with E-state index in [4.69, 9.17) is 20.4 Å². The molecule has 0 spiro atoms. The molecule has 0 saturated heterocycles. The molecule has 0 radical (unpaired) electrons. The van der Waals surface area contributed by atoms with Crippen molar-refractivity contribution in [3.63, 3.8) is 0 Å². The first-order chi connectivity index (χ1) is 9.65. The van der Waals surface area contributed by atoms with E-state index in [9.17, 15) is 4.79 Å². The zero-order chi connectivity index (χ0) is 14.5. The van der Waals surface area contributed by atoms with Gasteiger partial charge in [0, 0.05) is 12.1 Å². The maximum atomic E-state index is 12.4. The fourth-order valence-electron chi connectivity index (χ4n) is 1.91. The van der Waals surface area contributed by atoms with Gasteiger partial charge in [0.15, 0.2) is 17.3 Å². The van der Waals surface area contributed by atoms with Crippen molar-refractivity contribution in [2.45, 2.75) is 6.92 Å². The van der Waals surface area contributed by atoms with Gasteiger partial charge in [0.2, 0.25) is 0 Å². The Hall–Kier alpha value is -2.44. The van der Waals surface area contributed by atoms with Gasteiger partial charge in [-0.3, -0.25) is 4.79 Å². The predicted molar refractivity (Wildman–Crippen MR) is 72.4 cm³/mol. The van der Waals surface area contributed by atoms with Gasteiger partial charge < -0.3 is 25.3 Å². The first kappa shape index (κ1) is 14.0. The SMILES string of the molecule is CCN(CC(N)=NO)C(=O)c1ccc2c(c1)OCCO2. The molecule has 1 aromatic rings.